The molecular weight excluding hydrogens is 344 g/mol. The van der Waals surface area contributed by atoms with Gasteiger partial charge in [-0.3, -0.25) is 4.90 Å². The number of hydrogen-bond donors (Lipinski definition) is 1. The summed E-state index contributed by atoms with van der Waals surface area (Å²) in [6.07, 6.45) is 1.68. The van der Waals surface area contributed by atoms with Gasteiger partial charge in [0.25, 0.3) is 0 Å². The number of benzene rings is 1. The summed E-state index contributed by atoms with van der Waals surface area (Å²) in [6, 6.07) is 6.64. The maximum Gasteiger partial charge on any atom is 0.141 e. The van der Waals surface area contributed by atoms with E-state index in [2.05, 4.69) is 57.2 Å². The predicted octanol–water partition coefficient (Wildman–Crippen LogP) is 3.09. The fourth-order valence-electron chi connectivity index (χ4n) is 3.55. The quantitative estimate of drug-likeness (QED) is 0.767. The first-order valence-electron chi connectivity index (χ1n) is 9.05. The number of aromatic nitrogens is 2. The molecule has 5 nitrogen and oxygen atoms in total. The summed E-state index contributed by atoms with van der Waals surface area (Å²) in [6.45, 7) is 9.03. The van der Waals surface area contributed by atoms with E-state index in [-0.39, 0.29) is 6.61 Å². The summed E-state index contributed by atoms with van der Waals surface area (Å²) in [5.41, 5.74) is 5.07. The number of aliphatic hydroxyl groups excluding tert-OH is 1. The minimum absolute atomic E-state index is 0.221. The summed E-state index contributed by atoms with van der Waals surface area (Å²) in [4.78, 5) is 14.9. The van der Waals surface area contributed by atoms with Gasteiger partial charge in [0.2, 0.25) is 0 Å². The molecule has 26 heavy (non-hydrogen) atoms. The van der Waals surface area contributed by atoms with E-state index in [0.717, 1.165) is 48.8 Å². The van der Waals surface area contributed by atoms with Gasteiger partial charge in [0, 0.05) is 43.7 Å². The van der Waals surface area contributed by atoms with Gasteiger partial charge in [-0.2, -0.15) is 0 Å². The fraction of sp³-hybridized carbons (Fsp3) is 0.400. The summed E-state index contributed by atoms with van der Waals surface area (Å²) < 4.78 is 0. The Kier molecular flexibility index (Phi) is 4.89. The normalized spacial score (nSPS) is 15.7. The summed E-state index contributed by atoms with van der Waals surface area (Å²) >= 11 is 1.68. The maximum atomic E-state index is 9.14. The third-order valence-corrected chi connectivity index (χ3v) is 6.14. The molecule has 1 fully saturated rings. The summed E-state index contributed by atoms with van der Waals surface area (Å²) in [5.74, 6) is 1.04. The van der Waals surface area contributed by atoms with Crippen molar-refractivity contribution in [2.75, 3.05) is 44.2 Å². The van der Waals surface area contributed by atoms with Crippen LogP contribution in [-0.4, -0.2) is 59.3 Å². The van der Waals surface area contributed by atoms with Crippen LogP contribution in [0.15, 0.2) is 29.9 Å². The highest BCUT2D eigenvalue weighted by atomic mass is 32.1. The van der Waals surface area contributed by atoms with Crippen LogP contribution in [0.4, 0.5) is 5.82 Å². The van der Waals surface area contributed by atoms with Crippen LogP contribution < -0.4 is 4.90 Å². The van der Waals surface area contributed by atoms with Gasteiger partial charge in [-0.25, -0.2) is 9.97 Å². The number of fused-ring (bicyclic) bond motifs is 1. The number of anilines is 1. The van der Waals surface area contributed by atoms with Crippen molar-refractivity contribution in [2.45, 2.75) is 13.8 Å². The molecule has 0 atom stereocenters. The Morgan fingerprint density at radius 2 is 1.88 bits per heavy atom. The average Bonchev–Trinajstić information content (AvgIpc) is 3.09. The third-order valence-electron chi connectivity index (χ3n) is 5.26. The zero-order valence-corrected chi connectivity index (χ0v) is 16.1. The van der Waals surface area contributed by atoms with Crippen LogP contribution in [0.2, 0.25) is 0 Å². The summed E-state index contributed by atoms with van der Waals surface area (Å²) in [7, 11) is 0. The van der Waals surface area contributed by atoms with Gasteiger partial charge in [0.15, 0.2) is 0 Å². The topological polar surface area (TPSA) is 52.5 Å². The van der Waals surface area contributed by atoms with Crippen molar-refractivity contribution >= 4 is 27.4 Å². The van der Waals surface area contributed by atoms with Gasteiger partial charge in [0.05, 0.1) is 12.0 Å². The highest BCUT2D eigenvalue weighted by molar-refractivity contribution is 7.17. The van der Waals surface area contributed by atoms with Crippen LogP contribution in [0.1, 0.15) is 11.1 Å². The van der Waals surface area contributed by atoms with Gasteiger partial charge in [-0.1, -0.05) is 18.2 Å². The molecule has 1 aliphatic heterocycles. The van der Waals surface area contributed by atoms with Crippen molar-refractivity contribution in [3.63, 3.8) is 0 Å². The van der Waals surface area contributed by atoms with Crippen LogP contribution in [-0.2, 0) is 0 Å². The second kappa shape index (κ2) is 7.31. The molecule has 4 rings (SSSR count). The van der Waals surface area contributed by atoms with Crippen molar-refractivity contribution in [1.82, 2.24) is 14.9 Å². The van der Waals surface area contributed by atoms with E-state index >= 15 is 0 Å². The minimum Gasteiger partial charge on any atom is -0.395 e. The molecule has 6 heteroatoms. The molecular formula is C20H24N4OS. The Bertz CT molecular complexity index is 915. The van der Waals surface area contributed by atoms with Crippen molar-refractivity contribution in [2.24, 2.45) is 0 Å². The molecule has 0 amide bonds. The lowest BCUT2D eigenvalue weighted by Crippen LogP contribution is -2.47. The molecule has 1 saturated heterocycles. The van der Waals surface area contributed by atoms with Crippen molar-refractivity contribution in [3.05, 3.63) is 41.0 Å². The molecule has 1 N–H and O–H groups in total. The minimum atomic E-state index is 0.221. The Morgan fingerprint density at radius 1 is 1.08 bits per heavy atom. The summed E-state index contributed by atoms with van der Waals surface area (Å²) in [5, 5.41) is 12.5. The van der Waals surface area contributed by atoms with Crippen LogP contribution in [0.5, 0.6) is 0 Å². The second-order valence-electron chi connectivity index (χ2n) is 6.88. The first-order chi connectivity index (χ1) is 12.7. The second-order valence-corrected chi connectivity index (χ2v) is 7.74. The lowest BCUT2D eigenvalue weighted by molar-refractivity contribution is 0.188. The molecule has 3 aromatic rings. The molecule has 3 heterocycles. The number of aliphatic hydroxyl groups is 1. The molecule has 0 bridgehead atoms. The molecule has 0 saturated carbocycles. The SMILES string of the molecule is Cc1ccc(-c2csc3ncnc(N4CCN(CCO)CC4)c23)cc1C. The van der Waals surface area contributed by atoms with E-state index < -0.39 is 0 Å². The maximum absolute atomic E-state index is 9.14. The van der Waals surface area contributed by atoms with Gasteiger partial charge < -0.3 is 10.0 Å². The molecule has 0 unspecified atom stereocenters. The number of hydrogen-bond acceptors (Lipinski definition) is 6. The van der Waals surface area contributed by atoms with E-state index in [1.54, 1.807) is 17.7 Å². The highest BCUT2D eigenvalue weighted by Gasteiger charge is 2.22. The molecule has 1 aromatic carbocycles. The molecule has 0 spiro atoms. The molecule has 136 valence electrons. The van der Waals surface area contributed by atoms with Crippen LogP contribution >= 0.6 is 11.3 Å². The lowest BCUT2D eigenvalue weighted by Gasteiger charge is -2.35. The zero-order chi connectivity index (χ0) is 18.1. The average molecular weight is 369 g/mol. The Morgan fingerprint density at radius 3 is 2.62 bits per heavy atom. The van der Waals surface area contributed by atoms with Gasteiger partial charge in [0.1, 0.15) is 17.0 Å². The van der Waals surface area contributed by atoms with Crippen molar-refractivity contribution in [3.8, 4) is 11.1 Å². The highest BCUT2D eigenvalue weighted by Crippen LogP contribution is 2.38. The number of β-amino-alcohol motifs (C(OH)–C–C–N with tert-alkyl or cyclic N) is 1. The smallest absolute Gasteiger partial charge is 0.141 e. The lowest BCUT2D eigenvalue weighted by atomic mass is 10.0. The largest absolute Gasteiger partial charge is 0.395 e. The Balaban J connectivity index is 1.72. The fourth-order valence-corrected chi connectivity index (χ4v) is 4.46. The van der Waals surface area contributed by atoms with Gasteiger partial charge >= 0.3 is 0 Å². The van der Waals surface area contributed by atoms with Crippen LogP contribution in [0.3, 0.4) is 0 Å². The monoisotopic (exact) mass is 368 g/mol. The van der Waals surface area contributed by atoms with E-state index in [1.165, 1.54) is 22.3 Å². The Labute approximate surface area is 157 Å². The number of thiophene rings is 1. The van der Waals surface area contributed by atoms with Crippen LogP contribution in [0, 0.1) is 13.8 Å². The molecule has 1 aliphatic rings. The first kappa shape index (κ1) is 17.4. The third kappa shape index (κ3) is 3.20. The Hall–Kier alpha value is -2.02. The predicted molar refractivity (Wildman–Crippen MR) is 108 cm³/mol. The molecule has 0 aliphatic carbocycles. The zero-order valence-electron chi connectivity index (χ0n) is 15.3. The molecule has 0 radical (unpaired) electrons. The standard InChI is InChI=1S/C20H24N4OS/c1-14-3-4-16(11-15(14)2)17-12-26-20-18(17)19(21-13-22-20)24-7-5-23(6-8-24)9-10-25/h3-4,11-13,25H,5-10H2,1-2H3. The van der Waals surface area contributed by atoms with Gasteiger partial charge in [-0.15, -0.1) is 11.3 Å². The van der Waals surface area contributed by atoms with Crippen molar-refractivity contribution < 1.29 is 5.11 Å². The number of piperazine rings is 1. The number of aryl methyl sites for hydroxylation is 2. The first-order valence-corrected chi connectivity index (χ1v) is 9.93. The van der Waals surface area contributed by atoms with E-state index in [1.807, 2.05) is 0 Å². The number of rotatable bonds is 4. The van der Waals surface area contributed by atoms with Crippen molar-refractivity contribution in [1.29, 1.82) is 0 Å². The molecule has 2 aromatic heterocycles. The number of nitrogens with zero attached hydrogens (tertiary/aromatic N) is 4. The van der Waals surface area contributed by atoms with Gasteiger partial charge in [-0.05, 0) is 30.5 Å². The van der Waals surface area contributed by atoms with Crippen LogP contribution in [0.25, 0.3) is 21.3 Å². The van der Waals surface area contributed by atoms with E-state index in [9.17, 15) is 0 Å². The van der Waals surface area contributed by atoms with E-state index in [0.29, 0.717) is 0 Å². The van der Waals surface area contributed by atoms with E-state index in [4.69, 9.17) is 5.11 Å².